The van der Waals surface area contributed by atoms with Crippen LogP contribution in [0, 0.1) is 0 Å². The second-order valence-electron chi connectivity index (χ2n) is 6.04. The molecule has 0 unspecified atom stereocenters. The number of rotatable bonds is 6. The minimum atomic E-state index is -0.00807. The van der Waals surface area contributed by atoms with Crippen molar-refractivity contribution < 1.29 is 13.9 Å². The summed E-state index contributed by atoms with van der Waals surface area (Å²) < 4.78 is 11.3. The van der Waals surface area contributed by atoms with Gasteiger partial charge in [0.2, 0.25) is 5.91 Å². The van der Waals surface area contributed by atoms with Gasteiger partial charge in [-0.05, 0) is 7.05 Å². The fourth-order valence-electron chi connectivity index (χ4n) is 2.69. The van der Waals surface area contributed by atoms with Gasteiger partial charge >= 0.3 is 0 Å². The number of benzene rings is 1. The maximum absolute atomic E-state index is 12.0. The van der Waals surface area contributed by atoms with Gasteiger partial charge in [0.15, 0.2) is 11.7 Å². The Morgan fingerprint density at radius 2 is 2.21 bits per heavy atom. The largest absolute Gasteiger partial charge is 0.441 e. The molecular formula is C18H23N3O3. The summed E-state index contributed by atoms with van der Waals surface area (Å²) in [4.78, 5) is 18.4. The number of amides is 1. The first-order valence-corrected chi connectivity index (χ1v) is 8.27. The third kappa shape index (κ3) is 4.66. The molecule has 1 aliphatic heterocycles. The van der Waals surface area contributed by atoms with Gasteiger partial charge in [0.05, 0.1) is 18.9 Å². The van der Waals surface area contributed by atoms with Gasteiger partial charge in [-0.3, -0.25) is 4.79 Å². The van der Waals surface area contributed by atoms with Crippen LogP contribution in [0.25, 0.3) is 11.3 Å². The fourth-order valence-corrected chi connectivity index (χ4v) is 2.69. The van der Waals surface area contributed by atoms with Gasteiger partial charge in [-0.2, -0.15) is 0 Å². The third-order valence-electron chi connectivity index (χ3n) is 4.05. The molecule has 1 N–H and O–H groups in total. The van der Waals surface area contributed by atoms with Gasteiger partial charge in [-0.25, -0.2) is 4.98 Å². The van der Waals surface area contributed by atoms with Crippen molar-refractivity contribution >= 4 is 5.91 Å². The molecule has 24 heavy (non-hydrogen) atoms. The maximum atomic E-state index is 12.0. The van der Waals surface area contributed by atoms with Crippen LogP contribution in [0.4, 0.5) is 0 Å². The van der Waals surface area contributed by atoms with Crippen LogP contribution in [0.3, 0.4) is 0 Å². The van der Waals surface area contributed by atoms with E-state index in [1.54, 1.807) is 6.20 Å². The van der Waals surface area contributed by atoms with Gasteiger partial charge in [0.1, 0.15) is 0 Å². The number of likely N-dealkylation sites (N-methyl/N-ethyl adjacent to an activating group) is 1. The van der Waals surface area contributed by atoms with Gasteiger partial charge in [0, 0.05) is 38.0 Å². The fraction of sp³-hybridized carbons (Fsp3) is 0.444. The average molecular weight is 329 g/mol. The SMILES string of the molecule is CN1CCO[C@@H](CNC(=O)CCc2ncc(-c3ccccc3)o2)C1. The highest BCUT2D eigenvalue weighted by molar-refractivity contribution is 5.76. The Balaban J connectivity index is 1.42. The minimum Gasteiger partial charge on any atom is -0.441 e. The summed E-state index contributed by atoms with van der Waals surface area (Å²) in [7, 11) is 2.06. The maximum Gasteiger partial charge on any atom is 0.220 e. The molecule has 0 radical (unpaired) electrons. The standard InChI is InChI=1S/C18H23N3O3/c1-21-9-10-23-15(13-21)11-19-17(22)7-8-18-20-12-16(24-18)14-5-3-2-4-6-14/h2-6,12,15H,7-11,13H2,1H3,(H,19,22)/t15-/m0/s1. The molecule has 2 aromatic rings. The number of nitrogens with zero attached hydrogens (tertiary/aromatic N) is 2. The highest BCUT2D eigenvalue weighted by Gasteiger charge is 2.18. The molecular weight excluding hydrogens is 306 g/mol. The smallest absolute Gasteiger partial charge is 0.220 e. The molecule has 2 heterocycles. The number of carbonyl (C=O) groups is 1. The van der Waals surface area contributed by atoms with E-state index in [1.165, 1.54) is 0 Å². The zero-order valence-corrected chi connectivity index (χ0v) is 13.9. The number of ether oxygens (including phenoxy) is 1. The van der Waals surface area contributed by atoms with Crippen molar-refractivity contribution in [1.82, 2.24) is 15.2 Å². The topological polar surface area (TPSA) is 67.6 Å². The summed E-state index contributed by atoms with van der Waals surface area (Å²) >= 11 is 0. The molecule has 1 amide bonds. The Kier molecular flexibility index (Phi) is 5.61. The van der Waals surface area contributed by atoms with Crippen LogP contribution in [0.2, 0.25) is 0 Å². The van der Waals surface area contributed by atoms with E-state index in [0.717, 1.165) is 31.0 Å². The number of oxazole rings is 1. The first kappa shape index (κ1) is 16.7. The lowest BCUT2D eigenvalue weighted by molar-refractivity contribution is -0.122. The van der Waals surface area contributed by atoms with Crippen LogP contribution < -0.4 is 5.32 Å². The third-order valence-corrected chi connectivity index (χ3v) is 4.05. The molecule has 6 nitrogen and oxygen atoms in total. The lowest BCUT2D eigenvalue weighted by Gasteiger charge is -2.30. The highest BCUT2D eigenvalue weighted by atomic mass is 16.5. The van der Waals surface area contributed by atoms with E-state index in [4.69, 9.17) is 9.15 Å². The molecule has 1 atom stereocenters. The molecule has 3 rings (SSSR count). The van der Waals surface area contributed by atoms with Crippen LogP contribution in [-0.4, -0.2) is 55.2 Å². The molecule has 0 spiro atoms. The molecule has 1 fully saturated rings. The Hall–Kier alpha value is -2.18. The second kappa shape index (κ2) is 8.08. The van der Waals surface area contributed by atoms with Gasteiger partial charge in [0.25, 0.3) is 0 Å². The molecule has 1 aromatic heterocycles. The van der Waals surface area contributed by atoms with E-state index >= 15 is 0 Å². The van der Waals surface area contributed by atoms with Crippen molar-refractivity contribution in [2.24, 2.45) is 0 Å². The van der Waals surface area contributed by atoms with Gasteiger partial charge in [-0.15, -0.1) is 0 Å². The summed E-state index contributed by atoms with van der Waals surface area (Å²) in [5.74, 6) is 1.30. The molecule has 1 aromatic carbocycles. The van der Waals surface area contributed by atoms with Crippen molar-refractivity contribution in [3.8, 4) is 11.3 Å². The Bertz CT molecular complexity index is 657. The van der Waals surface area contributed by atoms with Crippen LogP contribution in [0.5, 0.6) is 0 Å². The van der Waals surface area contributed by atoms with Crippen LogP contribution in [-0.2, 0) is 16.0 Å². The lowest BCUT2D eigenvalue weighted by Crippen LogP contribution is -2.45. The predicted octanol–water partition coefficient (Wildman–Crippen LogP) is 1.72. The molecule has 1 saturated heterocycles. The molecule has 1 aliphatic rings. The van der Waals surface area contributed by atoms with Crippen molar-refractivity contribution in [2.75, 3.05) is 33.3 Å². The Labute approximate surface area is 141 Å². The van der Waals surface area contributed by atoms with E-state index < -0.39 is 0 Å². The molecule has 6 heteroatoms. The minimum absolute atomic E-state index is 0.00807. The van der Waals surface area contributed by atoms with E-state index in [-0.39, 0.29) is 12.0 Å². The van der Waals surface area contributed by atoms with Crippen LogP contribution in [0.1, 0.15) is 12.3 Å². The van der Waals surface area contributed by atoms with E-state index in [2.05, 4.69) is 22.2 Å². The van der Waals surface area contributed by atoms with Crippen LogP contribution >= 0.6 is 0 Å². The quantitative estimate of drug-likeness (QED) is 0.874. The van der Waals surface area contributed by atoms with Crippen molar-refractivity contribution in [3.63, 3.8) is 0 Å². The van der Waals surface area contributed by atoms with E-state index in [0.29, 0.717) is 25.3 Å². The van der Waals surface area contributed by atoms with E-state index in [1.807, 2.05) is 30.3 Å². The average Bonchev–Trinajstić information content (AvgIpc) is 3.08. The Morgan fingerprint density at radius 1 is 1.38 bits per heavy atom. The summed E-state index contributed by atoms with van der Waals surface area (Å²) in [6.45, 7) is 3.05. The number of carbonyl (C=O) groups excluding carboxylic acids is 1. The Morgan fingerprint density at radius 3 is 3.00 bits per heavy atom. The lowest BCUT2D eigenvalue weighted by atomic mass is 10.2. The molecule has 0 bridgehead atoms. The molecule has 0 saturated carbocycles. The normalized spacial score (nSPS) is 18.5. The van der Waals surface area contributed by atoms with Gasteiger partial charge < -0.3 is 19.4 Å². The predicted molar refractivity (Wildman–Crippen MR) is 90.5 cm³/mol. The first-order valence-electron chi connectivity index (χ1n) is 8.27. The zero-order valence-electron chi connectivity index (χ0n) is 13.9. The zero-order chi connectivity index (χ0) is 16.8. The first-order chi connectivity index (χ1) is 11.7. The van der Waals surface area contributed by atoms with Crippen molar-refractivity contribution in [3.05, 3.63) is 42.4 Å². The van der Waals surface area contributed by atoms with Crippen LogP contribution in [0.15, 0.2) is 40.9 Å². The monoisotopic (exact) mass is 329 g/mol. The molecule has 128 valence electrons. The second-order valence-corrected chi connectivity index (χ2v) is 6.04. The number of aromatic nitrogens is 1. The highest BCUT2D eigenvalue weighted by Crippen LogP contribution is 2.20. The summed E-state index contributed by atoms with van der Waals surface area (Å²) in [6.07, 6.45) is 2.62. The van der Waals surface area contributed by atoms with Gasteiger partial charge in [-0.1, -0.05) is 30.3 Å². The number of hydrogen-bond acceptors (Lipinski definition) is 5. The molecule has 0 aliphatic carbocycles. The number of hydrogen-bond donors (Lipinski definition) is 1. The summed E-state index contributed by atoms with van der Waals surface area (Å²) in [5, 5.41) is 2.92. The number of aryl methyl sites for hydroxylation is 1. The number of nitrogens with one attached hydrogen (secondary N) is 1. The van der Waals surface area contributed by atoms with E-state index in [9.17, 15) is 4.79 Å². The van der Waals surface area contributed by atoms with Crippen molar-refractivity contribution in [1.29, 1.82) is 0 Å². The summed E-state index contributed by atoms with van der Waals surface area (Å²) in [5.41, 5.74) is 0.985. The summed E-state index contributed by atoms with van der Waals surface area (Å²) in [6, 6.07) is 9.81. The number of morpholine rings is 1. The van der Waals surface area contributed by atoms with Crippen molar-refractivity contribution in [2.45, 2.75) is 18.9 Å².